The summed E-state index contributed by atoms with van der Waals surface area (Å²) < 4.78 is 44.9. The molecule has 0 atom stereocenters. The molecule has 0 spiro atoms. The molecule has 0 unspecified atom stereocenters. The van der Waals surface area contributed by atoms with Gasteiger partial charge in [-0.1, -0.05) is 12.1 Å². The molecule has 0 aliphatic heterocycles. The third kappa shape index (κ3) is 4.31. The molecule has 134 valence electrons. The van der Waals surface area contributed by atoms with Crippen LogP contribution in [0, 0.1) is 15.9 Å². The number of sulfonamides is 1. The standard InChI is InChI=1S/C16H17FN2O5S/c1-3-24-13-6-4-12(5-7-13)11-18(2)25(22,23)14-8-9-15(17)16(10-14)19(20)21/h4-10H,3,11H2,1-2H3. The Morgan fingerprint density at radius 2 is 1.84 bits per heavy atom. The van der Waals surface area contributed by atoms with Gasteiger partial charge in [0.1, 0.15) is 5.75 Å². The molecule has 0 amide bonds. The number of ether oxygens (including phenoxy) is 1. The quantitative estimate of drug-likeness (QED) is 0.554. The first-order valence-electron chi connectivity index (χ1n) is 7.37. The average molecular weight is 368 g/mol. The number of nitro benzene ring substituents is 1. The van der Waals surface area contributed by atoms with E-state index in [9.17, 15) is 22.9 Å². The number of rotatable bonds is 7. The highest BCUT2D eigenvalue weighted by atomic mass is 32.2. The number of benzene rings is 2. The number of hydrogen-bond acceptors (Lipinski definition) is 5. The van der Waals surface area contributed by atoms with E-state index in [1.807, 2.05) is 6.92 Å². The monoisotopic (exact) mass is 368 g/mol. The van der Waals surface area contributed by atoms with E-state index in [0.29, 0.717) is 17.9 Å². The molecule has 0 saturated carbocycles. The maximum absolute atomic E-state index is 13.4. The maximum Gasteiger partial charge on any atom is 0.306 e. The lowest BCUT2D eigenvalue weighted by molar-refractivity contribution is -0.387. The van der Waals surface area contributed by atoms with Gasteiger partial charge in [-0.15, -0.1) is 0 Å². The van der Waals surface area contributed by atoms with Gasteiger partial charge in [-0.05, 0) is 36.8 Å². The van der Waals surface area contributed by atoms with E-state index in [0.717, 1.165) is 22.5 Å². The first-order chi connectivity index (χ1) is 11.8. The second-order valence-corrected chi connectivity index (χ2v) is 7.25. The summed E-state index contributed by atoms with van der Waals surface area (Å²) in [6.45, 7) is 2.44. The summed E-state index contributed by atoms with van der Waals surface area (Å²) in [5, 5.41) is 10.8. The molecule has 0 heterocycles. The lowest BCUT2D eigenvalue weighted by Gasteiger charge is -2.17. The molecule has 0 fully saturated rings. The normalized spacial score (nSPS) is 11.5. The molecule has 25 heavy (non-hydrogen) atoms. The molecule has 0 aliphatic rings. The zero-order chi connectivity index (χ0) is 18.6. The Bertz CT molecular complexity index is 869. The van der Waals surface area contributed by atoms with Crippen LogP contribution in [-0.2, 0) is 16.6 Å². The van der Waals surface area contributed by atoms with Gasteiger partial charge in [0.05, 0.1) is 16.4 Å². The average Bonchev–Trinajstić information content (AvgIpc) is 2.56. The van der Waals surface area contributed by atoms with Crippen LogP contribution in [0.2, 0.25) is 0 Å². The van der Waals surface area contributed by atoms with E-state index in [-0.39, 0.29) is 11.4 Å². The summed E-state index contributed by atoms with van der Waals surface area (Å²) in [5.41, 5.74) is -0.165. The van der Waals surface area contributed by atoms with Crippen molar-refractivity contribution in [3.8, 4) is 5.75 Å². The van der Waals surface area contributed by atoms with Gasteiger partial charge in [-0.2, -0.15) is 8.70 Å². The van der Waals surface area contributed by atoms with Crippen molar-refractivity contribution in [3.05, 3.63) is 64.0 Å². The van der Waals surface area contributed by atoms with Crippen LogP contribution in [0.3, 0.4) is 0 Å². The molecular weight excluding hydrogens is 351 g/mol. The lowest BCUT2D eigenvalue weighted by Crippen LogP contribution is -2.26. The van der Waals surface area contributed by atoms with Crippen molar-refractivity contribution in [3.63, 3.8) is 0 Å². The Hall–Kier alpha value is -2.52. The molecule has 0 aliphatic carbocycles. The van der Waals surface area contributed by atoms with E-state index in [4.69, 9.17) is 4.74 Å². The molecule has 2 aromatic carbocycles. The third-order valence-electron chi connectivity index (χ3n) is 3.46. The molecule has 2 rings (SSSR count). The largest absolute Gasteiger partial charge is 0.494 e. The molecular formula is C16H17FN2O5S. The topological polar surface area (TPSA) is 89.8 Å². The Kier molecular flexibility index (Phi) is 5.70. The smallest absolute Gasteiger partial charge is 0.306 e. The fourth-order valence-electron chi connectivity index (χ4n) is 2.17. The Morgan fingerprint density at radius 1 is 1.20 bits per heavy atom. The van der Waals surface area contributed by atoms with E-state index < -0.39 is 26.5 Å². The molecule has 0 saturated heterocycles. The molecule has 0 aromatic heterocycles. The first-order valence-corrected chi connectivity index (χ1v) is 8.81. The highest BCUT2D eigenvalue weighted by Gasteiger charge is 2.25. The zero-order valence-electron chi connectivity index (χ0n) is 13.7. The number of nitro groups is 1. The van der Waals surface area contributed by atoms with Gasteiger partial charge in [-0.3, -0.25) is 10.1 Å². The molecule has 7 nitrogen and oxygen atoms in total. The van der Waals surface area contributed by atoms with Crippen molar-refractivity contribution >= 4 is 15.7 Å². The van der Waals surface area contributed by atoms with Crippen LogP contribution >= 0.6 is 0 Å². The number of nitrogens with zero attached hydrogens (tertiary/aromatic N) is 2. The zero-order valence-corrected chi connectivity index (χ0v) is 14.5. The fourth-order valence-corrected chi connectivity index (χ4v) is 3.35. The second-order valence-electron chi connectivity index (χ2n) is 5.21. The Labute approximate surface area is 144 Å². The predicted octanol–water partition coefficient (Wildman–Crippen LogP) is 2.95. The van der Waals surface area contributed by atoms with E-state index in [2.05, 4.69) is 0 Å². The molecule has 0 bridgehead atoms. The van der Waals surface area contributed by atoms with Gasteiger partial charge in [0.15, 0.2) is 0 Å². The first kappa shape index (κ1) is 18.8. The minimum atomic E-state index is -4.00. The van der Waals surface area contributed by atoms with Crippen molar-refractivity contribution < 1.29 is 22.5 Å². The molecule has 0 N–H and O–H groups in total. The van der Waals surface area contributed by atoms with Crippen molar-refractivity contribution in [2.45, 2.75) is 18.4 Å². The maximum atomic E-state index is 13.4. The highest BCUT2D eigenvalue weighted by Crippen LogP contribution is 2.24. The summed E-state index contributed by atoms with van der Waals surface area (Å²) in [7, 11) is -2.65. The highest BCUT2D eigenvalue weighted by molar-refractivity contribution is 7.89. The van der Waals surface area contributed by atoms with Crippen LogP contribution in [0.25, 0.3) is 0 Å². The summed E-state index contributed by atoms with van der Waals surface area (Å²) in [5.74, 6) is -0.413. The van der Waals surface area contributed by atoms with Crippen LogP contribution in [0.4, 0.5) is 10.1 Å². The lowest BCUT2D eigenvalue weighted by atomic mass is 10.2. The van der Waals surface area contributed by atoms with Gasteiger partial charge in [0, 0.05) is 19.7 Å². The van der Waals surface area contributed by atoms with Crippen molar-refractivity contribution in [2.75, 3.05) is 13.7 Å². The van der Waals surface area contributed by atoms with Crippen molar-refractivity contribution in [2.24, 2.45) is 0 Å². The van der Waals surface area contributed by atoms with Crippen LogP contribution in [0.1, 0.15) is 12.5 Å². The minimum Gasteiger partial charge on any atom is -0.494 e. The third-order valence-corrected chi connectivity index (χ3v) is 5.26. The van der Waals surface area contributed by atoms with Gasteiger partial charge in [0.25, 0.3) is 0 Å². The van der Waals surface area contributed by atoms with E-state index >= 15 is 0 Å². The number of halogens is 1. The van der Waals surface area contributed by atoms with Gasteiger partial charge in [-0.25, -0.2) is 8.42 Å². The Morgan fingerprint density at radius 3 is 2.40 bits per heavy atom. The molecule has 2 aromatic rings. The van der Waals surface area contributed by atoms with Crippen LogP contribution in [0.15, 0.2) is 47.4 Å². The predicted molar refractivity (Wildman–Crippen MR) is 89.3 cm³/mol. The van der Waals surface area contributed by atoms with Gasteiger partial charge < -0.3 is 4.74 Å². The van der Waals surface area contributed by atoms with Gasteiger partial charge >= 0.3 is 5.69 Å². The van der Waals surface area contributed by atoms with Crippen LogP contribution in [-0.4, -0.2) is 31.3 Å². The minimum absolute atomic E-state index is 0.0555. The summed E-state index contributed by atoms with van der Waals surface area (Å²) >= 11 is 0. The molecule has 0 radical (unpaired) electrons. The summed E-state index contributed by atoms with van der Waals surface area (Å²) in [4.78, 5) is 9.50. The van der Waals surface area contributed by atoms with Crippen molar-refractivity contribution in [1.82, 2.24) is 4.31 Å². The fraction of sp³-hybridized carbons (Fsp3) is 0.250. The van der Waals surface area contributed by atoms with Crippen LogP contribution in [0.5, 0.6) is 5.75 Å². The summed E-state index contributed by atoms with van der Waals surface area (Å²) in [6.07, 6.45) is 0. The number of hydrogen-bond donors (Lipinski definition) is 0. The second kappa shape index (κ2) is 7.58. The van der Waals surface area contributed by atoms with Crippen molar-refractivity contribution in [1.29, 1.82) is 0 Å². The van der Waals surface area contributed by atoms with E-state index in [1.54, 1.807) is 24.3 Å². The molecule has 9 heteroatoms. The Balaban J connectivity index is 2.24. The van der Waals surface area contributed by atoms with Crippen LogP contribution < -0.4 is 4.74 Å². The SMILES string of the molecule is CCOc1ccc(CN(C)S(=O)(=O)c2ccc(F)c([N+](=O)[O-])c2)cc1. The summed E-state index contributed by atoms with van der Waals surface area (Å²) in [6, 6.07) is 9.40. The van der Waals surface area contributed by atoms with E-state index in [1.165, 1.54) is 7.05 Å². The van der Waals surface area contributed by atoms with Gasteiger partial charge in [0.2, 0.25) is 15.8 Å².